The summed E-state index contributed by atoms with van der Waals surface area (Å²) in [5.41, 5.74) is 0.882. The van der Waals surface area contributed by atoms with Gasteiger partial charge in [-0.2, -0.15) is 0 Å². The van der Waals surface area contributed by atoms with Crippen LogP contribution in [0.1, 0.15) is 19.1 Å². The third kappa shape index (κ3) is 7.43. The fourth-order valence-corrected chi connectivity index (χ4v) is 3.00. The van der Waals surface area contributed by atoms with Crippen LogP contribution in [-0.4, -0.2) is 46.0 Å². The molecular formula is C21H30IN3O4. The highest BCUT2D eigenvalue weighted by molar-refractivity contribution is 14.0. The van der Waals surface area contributed by atoms with Crippen molar-refractivity contribution in [1.82, 2.24) is 5.32 Å². The summed E-state index contributed by atoms with van der Waals surface area (Å²) in [5, 5.41) is 6.73. The van der Waals surface area contributed by atoms with E-state index < -0.39 is 0 Å². The summed E-state index contributed by atoms with van der Waals surface area (Å²) in [6.07, 6.45) is 3.53. The minimum atomic E-state index is 0. The van der Waals surface area contributed by atoms with Crippen LogP contribution in [0.3, 0.4) is 0 Å². The molecule has 0 radical (unpaired) electrons. The standard InChI is InChI=1S/C21H29N3O4.HI/c1-3-27-19-7-6-17(13-20(19)25-2)24-21(23-14-16-9-12-26-15-16)22-10-8-18-5-4-11-28-18;/h4-7,11,13,16H,3,8-10,12,14-15H2,1-2H3,(H2,22,23,24);1H. The Morgan fingerprint density at radius 3 is 2.86 bits per heavy atom. The van der Waals surface area contributed by atoms with E-state index in [4.69, 9.17) is 23.6 Å². The van der Waals surface area contributed by atoms with E-state index in [0.717, 1.165) is 55.8 Å². The number of aliphatic imine (C=N–C) groups is 1. The number of nitrogens with one attached hydrogen (secondary N) is 2. The second-order valence-corrected chi connectivity index (χ2v) is 6.60. The first kappa shape index (κ1) is 23.3. The van der Waals surface area contributed by atoms with Gasteiger partial charge >= 0.3 is 0 Å². The largest absolute Gasteiger partial charge is 0.493 e. The second-order valence-electron chi connectivity index (χ2n) is 6.60. The van der Waals surface area contributed by atoms with E-state index in [1.165, 1.54) is 0 Å². The van der Waals surface area contributed by atoms with Crippen LogP contribution in [0, 0.1) is 5.92 Å². The Labute approximate surface area is 189 Å². The fraction of sp³-hybridized carbons (Fsp3) is 0.476. The van der Waals surface area contributed by atoms with Gasteiger partial charge in [0.25, 0.3) is 0 Å². The van der Waals surface area contributed by atoms with Gasteiger partial charge in [0, 0.05) is 43.8 Å². The summed E-state index contributed by atoms with van der Waals surface area (Å²) in [6, 6.07) is 9.63. The maximum atomic E-state index is 5.59. The molecule has 2 heterocycles. The summed E-state index contributed by atoms with van der Waals surface area (Å²) in [5.74, 6) is 3.55. The number of anilines is 1. The number of hydrogen-bond acceptors (Lipinski definition) is 5. The van der Waals surface area contributed by atoms with Gasteiger partial charge in [-0.3, -0.25) is 4.99 Å². The van der Waals surface area contributed by atoms with E-state index in [0.29, 0.717) is 24.8 Å². The number of hydrogen-bond donors (Lipinski definition) is 2. The van der Waals surface area contributed by atoms with Crippen LogP contribution in [0.15, 0.2) is 46.0 Å². The van der Waals surface area contributed by atoms with E-state index in [2.05, 4.69) is 10.6 Å². The van der Waals surface area contributed by atoms with Crippen molar-refractivity contribution in [2.24, 2.45) is 10.9 Å². The molecule has 3 rings (SSSR count). The second kappa shape index (κ2) is 12.6. The Bertz CT molecular complexity index is 746. The molecule has 7 nitrogen and oxygen atoms in total. The zero-order valence-electron chi connectivity index (χ0n) is 17.0. The van der Waals surface area contributed by atoms with Crippen molar-refractivity contribution in [3.63, 3.8) is 0 Å². The van der Waals surface area contributed by atoms with Gasteiger partial charge in [0.05, 0.1) is 26.6 Å². The van der Waals surface area contributed by atoms with Crippen LogP contribution < -0.4 is 20.1 Å². The molecule has 8 heteroatoms. The number of ether oxygens (including phenoxy) is 3. The molecule has 1 aliphatic heterocycles. The van der Waals surface area contributed by atoms with E-state index in [1.54, 1.807) is 13.4 Å². The lowest BCUT2D eigenvalue weighted by atomic mass is 10.1. The van der Waals surface area contributed by atoms with Gasteiger partial charge < -0.3 is 29.3 Å². The summed E-state index contributed by atoms with van der Waals surface area (Å²) in [7, 11) is 1.64. The number of benzene rings is 1. The van der Waals surface area contributed by atoms with E-state index in [1.807, 2.05) is 37.3 Å². The predicted molar refractivity (Wildman–Crippen MR) is 125 cm³/mol. The molecule has 1 aromatic heterocycles. The average Bonchev–Trinajstić information content (AvgIpc) is 3.41. The first-order valence-corrected chi connectivity index (χ1v) is 9.74. The zero-order chi connectivity index (χ0) is 19.6. The van der Waals surface area contributed by atoms with Crippen molar-refractivity contribution in [2.75, 3.05) is 45.3 Å². The molecule has 2 N–H and O–H groups in total. The van der Waals surface area contributed by atoms with E-state index >= 15 is 0 Å². The van der Waals surface area contributed by atoms with Crippen molar-refractivity contribution in [1.29, 1.82) is 0 Å². The Morgan fingerprint density at radius 2 is 2.17 bits per heavy atom. The van der Waals surface area contributed by atoms with Gasteiger partial charge in [-0.1, -0.05) is 0 Å². The normalized spacial score (nSPS) is 16.2. The molecule has 0 saturated carbocycles. The van der Waals surface area contributed by atoms with Crippen molar-refractivity contribution in [3.05, 3.63) is 42.4 Å². The van der Waals surface area contributed by atoms with Crippen LogP contribution in [0.4, 0.5) is 5.69 Å². The molecule has 0 spiro atoms. The SMILES string of the molecule is CCOc1ccc(NC(=NCC2CCOC2)NCCc2ccco2)cc1OC.I. The molecule has 0 bridgehead atoms. The van der Waals surface area contributed by atoms with Crippen molar-refractivity contribution in [3.8, 4) is 11.5 Å². The third-order valence-corrected chi connectivity index (χ3v) is 4.50. The van der Waals surface area contributed by atoms with Gasteiger partial charge in [0.2, 0.25) is 0 Å². The third-order valence-electron chi connectivity index (χ3n) is 4.50. The van der Waals surface area contributed by atoms with Gasteiger partial charge in [-0.15, -0.1) is 24.0 Å². The molecule has 160 valence electrons. The monoisotopic (exact) mass is 515 g/mol. The Balaban J connectivity index is 0.00000300. The lowest BCUT2D eigenvalue weighted by molar-refractivity contribution is 0.187. The van der Waals surface area contributed by atoms with Crippen molar-refractivity contribution in [2.45, 2.75) is 19.8 Å². The van der Waals surface area contributed by atoms with E-state index in [9.17, 15) is 0 Å². The number of methoxy groups -OCH3 is 1. The highest BCUT2D eigenvalue weighted by Gasteiger charge is 2.15. The van der Waals surface area contributed by atoms with Gasteiger partial charge in [-0.25, -0.2) is 0 Å². The number of guanidine groups is 1. The number of rotatable bonds is 9. The highest BCUT2D eigenvalue weighted by atomic mass is 127. The Morgan fingerprint density at radius 1 is 1.28 bits per heavy atom. The van der Waals surface area contributed by atoms with Crippen molar-refractivity contribution >= 4 is 35.6 Å². The van der Waals surface area contributed by atoms with Gasteiger partial charge in [-0.05, 0) is 37.6 Å². The highest BCUT2D eigenvalue weighted by Crippen LogP contribution is 2.30. The number of furan rings is 1. The molecule has 0 amide bonds. The van der Waals surface area contributed by atoms with Crippen LogP contribution in [0.2, 0.25) is 0 Å². The zero-order valence-corrected chi connectivity index (χ0v) is 19.3. The molecule has 1 atom stereocenters. The minimum Gasteiger partial charge on any atom is -0.493 e. The van der Waals surface area contributed by atoms with Crippen LogP contribution in [0.25, 0.3) is 0 Å². The summed E-state index contributed by atoms with van der Waals surface area (Å²) in [6.45, 7) is 5.59. The first-order valence-electron chi connectivity index (χ1n) is 9.74. The Hall–Kier alpha value is -1.94. The predicted octanol–water partition coefficient (Wildman–Crippen LogP) is 3.94. The van der Waals surface area contributed by atoms with Gasteiger partial charge in [0.1, 0.15) is 5.76 Å². The summed E-state index contributed by atoms with van der Waals surface area (Å²) in [4.78, 5) is 4.75. The molecule has 1 saturated heterocycles. The van der Waals surface area contributed by atoms with Gasteiger partial charge in [0.15, 0.2) is 17.5 Å². The lowest BCUT2D eigenvalue weighted by Crippen LogP contribution is -2.33. The minimum absolute atomic E-state index is 0. The number of nitrogens with zero attached hydrogens (tertiary/aromatic N) is 1. The summed E-state index contributed by atoms with van der Waals surface area (Å²) < 4.78 is 21.9. The maximum Gasteiger partial charge on any atom is 0.195 e. The molecule has 1 aliphatic rings. The van der Waals surface area contributed by atoms with Crippen LogP contribution >= 0.6 is 24.0 Å². The summed E-state index contributed by atoms with van der Waals surface area (Å²) >= 11 is 0. The van der Waals surface area contributed by atoms with Crippen LogP contribution in [0.5, 0.6) is 11.5 Å². The van der Waals surface area contributed by atoms with Crippen molar-refractivity contribution < 1.29 is 18.6 Å². The number of halogens is 1. The van der Waals surface area contributed by atoms with E-state index in [-0.39, 0.29) is 24.0 Å². The molecule has 1 fully saturated rings. The fourth-order valence-electron chi connectivity index (χ4n) is 3.00. The topological polar surface area (TPSA) is 77.2 Å². The molecule has 0 aliphatic carbocycles. The Kier molecular flexibility index (Phi) is 10.1. The molecule has 29 heavy (non-hydrogen) atoms. The molecule has 1 aromatic carbocycles. The first-order chi connectivity index (χ1) is 13.8. The maximum absolute atomic E-state index is 5.59. The van der Waals surface area contributed by atoms with Crippen LogP contribution in [-0.2, 0) is 11.2 Å². The molecule has 2 aromatic rings. The lowest BCUT2D eigenvalue weighted by Gasteiger charge is -2.15. The molecular weight excluding hydrogens is 485 g/mol. The average molecular weight is 515 g/mol. The quantitative estimate of drug-likeness (QED) is 0.300. The molecule has 1 unspecified atom stereocenters. The smallest absolute Gasteiger partial charge is 0.195 e.